The van der Waals surface area contributed by atoms with Crippen LogP contribution in [0.4, 0.5) is 0 Å². The molecule has 2 aromatic carbocycles. The molecule has 2 heteroatoms. The first kappa shape index (κ1) is 15.9. The Bertz CT molecular complexity index is 557. The van der Waals surface area contributed by atoms with Crippen LogP contribution in [0.15, 0.2) is 60.7 Å². The van der Waals surface area contributed by atoms with Gasteiger partial charge in [-0.15, -0.1) is 0 Å². The Hall–Kier alpha value is -1.46. The smallest absolute Gasteiger partial charge is 0.175 e. The lowest BCUT2D eigenvalue weighted by molar-refractivity contribution is -0.123. The Kier molecular flexibility index (Phi) is 4.64. The summed E-state index contributed by atoms with van der Waals surface area (Å²) in [5.74, 6) is 0.339. The Morgan fingerprint density at radius 3 is 1.57 bits per heavy atom. The summed E-state index contributed by atoms with van der Waals surface area (Å²) in [6, 6.07) is 21.0. The van der Waals surface area contributed by atoms with Crippen LogP contribution in [0.3, 0.4) is 0 Å². The molecule has 21 heavy (non-hydrogen) atoms. The van der Waals surface area contributed by atoms with Crippen LogP contribution < -0.4 is 10.6 Å². The molecule has 0 fully saturated rings. The van der Waals surface area contributed by atoms with Crippen LogP contribution in [-0.4, -0.2) is 18.6 Å². The van der Waals surface area contributed by atoms with Crippen molar-refractivity contribution in [2.45, 2.75) is 20.8 Å². The lowest BCUT2D eigenvalue weighted by Crippen LogP contribution is -2.32. The van der Waals surface area contributed by atoms with E-state index in [1.54, 1.807) is 0 Å². The van der Waals surface area contributed by atoms with Gasteiger partial charge in [0.05, 0.1) is 24.5 Å². The molecule has 2 rings (SSSR count). The second kappa shape index (κ2) is 6.12. The van der Waals surface area contributed by atoms with Gasteiger partial charge >= 0.3 is 0 Å². The third-order valence-corrected chi connectivity index (χ3v) is 7.74. The number of hydrogen-bond acceptors (Lipinski definition) is 1. The zero-order valence-electron chi connectivity index (χ0n) is 13.3. The van der Waals surface area contributed by atoms with Crippen LogP contribution in [0.2, 0.25) is 0 Å². The highest BCUT2D eigenvalue weighted by Gasteiger charge is 2.42. The first-order valence-corrected chi connectivity index (χ1v) is 9.76. The summed E-state index contributed by atoms with van der Waals surface area (Å²) in [5, 5.41) is 2.60. The summed E-state index contributed by atoms with van der Waals surface area (Å²) >= 11 is 0. The van der Waals surface area contributed by atoms with Gasteiger partial charge in [-0.1, -0.05) is 57.2 Å². The summed E-state index contributed by atoms with van der Waals surface area (Å²) < 4.78 is 0. The van der Waals surface area contributed by atoms with Crippen molar-refractivity contribution in [2.75, 3.05) is 12.8 Å². The maximum atomic E-state index is 12.7. The first-order valence-electron chi connectivity index (χ1n) is 7.34. The summed E-state index contributed by atoms with van der Waals surface area (Å²) in [5.41, 5.74) is -0.287. The molecule has 2 aromatic rings. The molecule has 0 saturated heterocycles. The quantitative estimate of drug-likeness (QED) is 0.783. The monoisotopic (exact) mass is 299 g/mol. The lowest BCUT2D eigenvalue weighted by Gasteiger charge is -2.26. The Morgan fingerprint density at radius 2 is 1.24 bits per heavy atom. The van der Waals surface area contributed by atoms with Crippen LogP contribution in [-0.2, 0) is 4.79 Å². The molecule has 0 saturated carbocycles. The van der Waals surface area contributed by atoms with Crippen molar-refractivity contribution in [3.8, 4) is 0 Å². The molecule has 0 amide bonds. The van der Waals surface area contributed by atoms with E-state index in [2.05, 4.69) is 55.2 Å². The minimum atomic E-state index is -1.68. The largest absolute Gasteiger partial charge is 0.295 e. The van der Waals surface area contributed by atoms with Crippen molar-refractivity contribution >= 4 is 23.7 Å². The van der Waals surface area contributed by atoms with Gasteiger partial charge in [0.2, 0.25) is 0 Å². The van der Waals surface area contributed by atoms with Gasteiger partial charge in [0.15, 0.2) is 5.78 Å². The molecular formula is C19H24OP+. The average Bonchev–Trinajstić information content (AvgIpc) is 2.48. The molecule has 0 unspecified atom stereocenters. The van der Waals surface area contributed by atoms with Crippen LogP contribution >= 0.6 is 7.26 Å². The van der Waals surface area contributed by atoms with Gasteiger partial charge in [0, 0.05) is 5.41 Å². The van der Waals surface area contributed by atoms with E-state index in [1.807, 2.05) is 32.9 Å². The van der Waals surface area contributed by atoms with Crippen molar-refractivity contribution in [2.24, 2.45) is 5.41 Å². The topological polar surface area (TPSA) is 17.1 Å². The Labute approximate surface area is 128 Å². The average molecular weight is 299 g/mol. The molecule has 0 bridgehead atoms. The summed E-state index contributed by atoms with van der Waals surface area (Å²) in [7, 11) is -1.68. The third kappa shape index (κ3) is 3.60. The van der Waals surface area contributed by atoms with Crippen LogP contribution in [0.25, 0.3) is 0 Å². The van der Waals surface area contributed by atoms with Crippen molar-refractivity contribution in [3.63, 3.8) is 0 Å². The van der Waals surface area contributed by atoms with Gasteiger partial charge in [0.25, 0.3) is 0 Å². The molecule has 0 spiro atoms. The molecule has 1 nitrogen and oxygen atoms in total. The van der Waals surface area contributed by atoms with Crippen molar-refractivity contribution < 1.29 is 4.79 Å². The molecule has 0 aromatic heterocycles. The maximum absolute atomic E-state index is 12.7. The highest BCUT2D eigenvalue weighted by molar-refractivity contribution is 7.89. The Morgan fingerprint density at radius 1 is 0.857 bits per heavy atom. The lowest BCUT2D eigenvalue weighted by atomic mass is 9.92. The molecule has 0 radical (unpaired) electrons. The number of rotatable bonds is 4. The van der Waals surface area contributed by atoms with Crippen molar-refractivity contribution in [1.29, 1.82) is 0 Å². The normalized spacial score (nSPS) is 12.2. The highest BCUT2D eigenvalue weighted by atomic mass is 31.2. The molecule has 0 N–H and O–H groups in total. The zero-order chi connectivity index (χ0) is 15.5. The van der Waals surface area contributed by atoms with Gasteiger partial charge in [-0.3, -0.25) is 4.79 Å². The predicted molar refractivity (Wildman–Crippen MR) is 94.3 cm³/mol. The standard InChI is InChI=1S/C19H24OP/c1-19(2,3)18(20)15-21(4,16-11-7-5-8-12-16)17-13-9-6-10-14-17/h5-14H,15H2,1-4H3/q+1. The fourth-order valence-electron chi connectivity index (χ4n) is 2.37. The molecule has 0 heterocycles. The number of benzene rings is 2. The van der Waals surface area contributed by atoms with E-state index in [0.29, 0.717) is 11.9 Å². The summed E-state index contributed by atoms with van der Waals surface area (Å²) in [6.45, 7) is 8.31. The second-order valence-corrected chi connectivity index (χ2v) is 10.4. The molecule has 110 valence electrons. The molecule has 0 aliphatic rings. The fraction of sp³-hybridized carbons (Fsp3) is 0.316. The minimum Gasteiger partial charge on any atom is -0.295 e. The maximum Gasteiger partial charge on any atom is 0.175 e. The van der Waals surface area contributed by atoms with Crippen LogP contribution in [0.1, 0.15) is 20.8 Å². The van der Waals surface area contributed by atoms with Crippen molar-refractivity contribution in [3.05, 3.63) is 60.7 Å². The second-order valence-electron chi connectivity index (χ2n) is 6.69. The third-order valence-electron chi connectivity index (χ3n) is 3.95. The molecule has 0 aliphatic carbocycles. The SMILES string of the molecule is CC(C)(C)C(=O)C[P+](C)(c1ccccc1)c1ccccc1. The van der Waals surface area contributed by atoms with E-state index >= 15 is 0 Å². The molecule has 0 atom stereocenters. The number of ketones is 1. The van der Waals surface area contributed by atoms with Crippen LogP contribution in [0, 0.1) is 5.41 Å². The zero-order valence-corrected chi connectivity index (χ0v) is 14.2. The highest BCUT2D eigenvalue weighted by Crippen LogP contribution is 2.53. The van der Waals surface area contributed by atoms with Gasteiger partial charge < -0.3 is 0 Å². The van der Waals surface area contributed by atoms with E-state index in [9.17, 15) is 4.79 Å². The predicted octanol–water partition coefficient (Wildman–Crippen LogP) is 3.90. The van der Waals surface area contributed by atoms with Gasteiger partial charge in [-0.25, -0.2) is 0 Å². The number of hydrogen-bond donors (Lipinski definition) is 0. The minimum absolute atomic E-state index is 0.287. The van der Waals surface area contributed by atoms with Gasteiger partial charge in [-0.05, 0) is 24.3 Å². The molecular weight excluding hydrogens is 275 g/mol. The fourth-order valence-corrected chi connectivity index (χ4v) is 5.74. The van der Waals surface area contributed by atoms with E-state index in [-0.39, 0.29) is 5.41 Å². The van der Waals surface area contributed by atoms with E-state index in [1.165, 1.54) is 10.6 Å². The van der Waals surface area contributed by atoms with E-state index in [0.717, 1.165) is 0 Å². The summed E-state index contributed by atoms with van der Waals surface area (Å²) in [4.78, 5) is 12.7. The van der Waals surface area contributed by atoms with Crippen molar-refractivity contribution in [1.82, 2.24) is 0 Å². The van der Waals surface area contributed by atoms with E-state index in [4.69, 9.17) is 0 Å². The van der Waals surface area contributed by atoms with Gasteiger partial charge in [0.1, 0.15) is 6.16 Å². The Balaban J connectivity index is 2.48. The van der Waals surface area contributed by atoms with Gasteiger partial charge in [-0.2, -0.15) is 0 Å². The number of carbonyl (C=O) groups is 1. The molecule has 0 aliphatic heterocycles. The van der Waals surface area contributed by atoms with Crippen LogP contribution in [0.5, 0.6) is 0 Å². The number of carbonyl (C=O) groups excluding carboxylic acids is 1. The van der Waals surface area contributed by atoms with E-state index < -0.39 is 7.26 Å². The number of Topliss-reactive ketones (excluding diaryl/α,β-unsaturated/α-hetero) is 1. The first-order chi connectivity index (χ1) is 9.84. The summed E-state index contributed by atoms with van der Waals surface area (Å²) in [6.07, 6.45) is 0.629.